The van der Waals surface area contributed by atoms with E-state index in [1.807, 2.05) is 6.07 Å². The minimum Gasteiger partial charge on any atom is -0.478 e. The third kappa shape index (κ3) is 1.25. The lowest BCUT2D eigenvalue weighted by molar-refractivity contribution is 0.0697. The SMILES string of the molecule is CC1(C)CNc2ccc(C(=O)O)cc21. The molecule has 0 radical (unpaired) electrons. The van der Waals surface area contributed by atoms with Gasteiger partial charge in [-0.1, -0.05) is 13.8 Å². The van der Waals surface area contributed by atoms with Crippen molar-refractivity contribution in [3.8, 4) is 0 Å². The number of carbonyl (C=O) groups is 1. The summed E-state index contributed by atoms with van der Waals surface area (Å²) in [5, 5.41) is 12.1. The number of anilines is 1. The van der Waals surface area contributed by atoms with Crippen molar-refractivity contribution in [3.05, 3.63) is 29.3 Å². The van der Waals surface area contributed by atoms with Crippen LogP contribution in [0.4, 0.5) is 5.69 Å². The molecule has 14 heavy (non-hydrogen) atoms. The molecule has 0 aliphatic carbocycles. The van der Waals surface area contributed by atoms with Crippen LogP contribution < -0.4 is 5.32 Å². The molecule has 0 amide bonds. The van der Waals surface area contributed by atoms with Crippen LogP contribution in [0.2, 0.25) is 0 Å². The zero-order chi connectivity index (χ0) is 10.3. The van der Waals surface area contributed by atoms with Gasteiger partial charge in [0.25, 0.3) is 0 Å². The van der Waals surface area contributed by atoms with E-state index in [0.29, 0.717) is 5.56 Å². The van der Waals surface area contributed by atoms with Crippen LogP contribution in [-0.2, 0) is 5.41 Å². The second-order valence-corrected chi connectivity index (χ2v) is 4.30. The number of nitrogens with one attached hydrogen (secondary N) is 1. The number of benzene rings is 1. The molecule has 0 unspecified atom stereocenters. The van der Waals surface area contributed by atoms with Crippen LogP contribution >= 0.6 is 0 Å². The van der Waals surface area contributed by atoms with Gasteiger partial charge in [-0.25, -0.2) is 4.79 Å². The fraction of sp³-hybridized carbons (Fsp3) is 0.364. The molecular formula is C11H13NO2. The molecule has 3 heteroatoms. The molecule has 2 N–H and O–H groups in total. The van der Waals surface area contributed by atoms with E-state index in [4.69, 9.17) is 5.11 Å². The van der Waals surface area contributed by atoms with E-state index in [0.717, 1.165) is 17.8 Å². The maximum absolute atomic E-state index is 10.8. The average molecular weight is 191 g/mol. The highest BCUT2D eigenvalue weighted by Crippen LogP contribution is 2.36. The average Bonchev–Trinajstić information content (AvgIpc) is 2.42. The Labute approximate surface area is 82.8 Å². The molecule has 1 aromatic carbocycles. The molecule has 0 saturated carbocycles. The van der Waals surface area contributed by atoms with E-state index < -0.39 is 5.97 Å². The number of aromatic carboxylic acids is 1. The standard InChI is InChI=1S/C11H13NO2/c1-11(2)6-12-9-4-3-7(10(13)14)5-8(9)11/h3-5,12H,6H2,1-2H3,(H,13,14). The summed E-state index contributed by atoms with van der Waals surface area (Å²) in [6.45, 7) is 5.08. The van der Waals surface area contributed by atoms with Crippen molar-refractivity contribution in [1.29, 1.82) is 0 Å². The summed E-state index contributed by atoms with van der Waals surface area (Å²) in [4.78, 5) is 10.8. The highest BCUT2D eigenvalue weighted by Gasteiger charge is 2.30. The van der Waals surface area contributed by atoms with E-state index in [1.54, 1.807) is 12.1 Å². The van der Waals surface area contributed by atoms with E-state index in [9.17, 15) is 4.79 Å². The lowest BCUT2D eigenvalue weighted by atomic mass is 9.86. The number of hydrogen-bond acceptors (Lipinski definition) is 2. The molecule has 3 nitrogen and oxygen atoms in total. The predicted molar refractivity (Wildman–Crippen MR) is 54.9 cm³/mol. The molecule has 0 atom stereocenters. The molecule has 0 spiro atoms. The van der Waals surface area contributed by atoms with Crippen LogP contribution in [-0.4, -0.2) is 17.6 Å². The number of rotatable bonds is 1. The Hall–Kier alpha value is -1.51. The first-order chi connectivity index (χ1) is 6.50. The minimum absolute atomic E-state index is 0.0286. The first kappa shape index (κ1) is 9.06. The zero-order valence-electron chi connectivity index (χ0n) is 8.29. The lowest BCUT2D eigenvalue weighted by Crippen LogP contribution is -2.19. The second-order valence-electron chi connectivity index (χ2n) is 4.30. The first-order valence-electron chi connectivity index (χ1n) is 4.62. The molecule has 0 fully saturated rings. The third-order valence-electron chi connectivity index (χ3n) is 2.72. The Kier molecular flexibility index (Phi) is 1.77. The fourth-order valence-electron chi connectivity index (χ4n) is 1.80. The van der Waals surface area contributed by atoms with Gasteiger partial charge in [0.05, 0.1) is 5.56 Å². The van der Waals surface area contributed by atoms with Crippen molar-refractivity contribution in [3.63, 3.8) is 0 Å². The van der Waals surface area contributed by atoms with E-state index >= 15 is 0 Å². The van der Waals surface area contributed by atoms with Gasteiger partial charge < -0.3 is 10.4 Å². The normalized spacial score (nSPS) is 17.3. The molecule has 1 heterocycles. The summed E-state index contributed by atoms with van der Waals surface area (Å²) in [7, 11) is 0. The van der Waals surface area contributed by atoms with Crippen molar-refractivity contribution < 1.29 is 9.90 Å². The summed E-state index contributed by atoms with van der Waals surface area (Å²) < 4.78 is 0. The van der Waals surface area contributed by atoms with Crippen LogP contribution in [0.3, 0.4) is 0 Å². The molecule has 0 bridgehead atoms. The van der Waals surface area contributed by atoms with Gasteiger partial charge in [0, 0.05) is 17.6 Å². The van der Waals surface area contributed by atoms with Crippen molar-refractivity contribution in [1.82, 2.24) is 0 Å². The Balaban J connectivity index is 2.53. The van der Waals surface area contributed by atoms with Crippen molar-refractivity contribution in [2.75, 3.05) is 11.9 Å². The molecule has 74 valence electrons. The quantitative estimate of drug-likeness (QED) is 0.714. The van der Waals surface area contributed by atoms with Gasteiger partial charge in [-0.2, -0.15) is 0 Å². The molecule has 1 aromatic rings. The van der Waals surface area contributed by atoms with Gasteiger partial charge >= 0.3 is 5.97 Å². The Morgan fingerprint density at radius 2 is 2.21 bits per heavy atom. The molecule has 1 aliphatic heterocycles. The van der Waals surface area contributed by atoms with Crippen LogP contribution in [0.25, 0.3) is 0 Å². The Morgan fingerprint density at radius 3 is 2.86 bits per heavy atom. The molecule has 0 aromatic heterocycles. The maximum atomic E-state index is 10.8. The topological polar surface area (TPSA) is 49.3 Å². The lowest BCUT2D eigenvalue weighted by Gasteiger charge is -2.17. The predicted octanol–water partition coefficient (Wildman–Crippen LogP) is 2.09. The van der Waals surface area contributed by atoms with Gasteiger partial charge in [-0.05, 0) is 23.8 Å². The van der Waals surface area contributed by atoms with E-state index in [1.165, 1.54) is 0 Å². The number of carboxylic acid groups (broad SMARTS) is 1. The largest absolute Gasteiger partial charge is 0.478 e. The summed E-state index contributed by atoms with van der Waals surface area (Å²) in [5.74, 6) is -0.865. The van der Waals surface area contributed by atoms with Crippen LogP contribution in [0.1, 0.15) is 29.8 Å². The number of hydrogen-bond donors (Lipinski definition) is 2. The van der Waals surface area contributed by atoms with Gasteiger partial charge in [0.15, 0.2) is 0 Å². The van der Waals surface area contributed by atoms with E-state index in [2.05, 4.69) is 19.2 Å². The van der Waals surface area contributed by atoms with Gasteiger partial charge in [0.1, 0.15) is 0 Å². The number of fused-ring (bicyclic) bond motifs is 1. The molecule has 0 saturated heterocycles. The smallest absolute Gasteiger partial charge is 0.335 e. The van der Waals surface area contributed by atoms with E-state index in [-0.39, 0.29) is 5.41 Å². The Morgan fingerprint density at radius 1 is 1.50 bits per heavy atom. The summed E-state index contributed by atoms with van der Waals surface area (Å²) in [6, 6.07) is 5.24. The van der Waals surface area contributed by atoms with Gasteiger partial charge in [0.2, 0.25) is 0 Å². The fourth-order valence-corrected chi connectivity index (χ4v) is 1.80. The van der Waals surface area contributed by atoms with Gasteiger partial charge in [-0.15, -0.1) is 0 Å². The summed E-state index contributed by atoms with van der Waals surface area (Å²) in [6.07, 6.45) is 0. The zero-order valence-corrected chi connectivity index (χ0v) is 8.29. The van der Waals surface area contributed by atoms with Crippen molar-refractivity contribution in [2.24, 2.45) is 0 Å². The molecule has 2 rings (SSSR count). The molecule has 1 aliphatic rings. The highest BCUT2D eigenvalue weighted by molar-refractivity contribution is 5.89. The van der Waals surface area contributed by atoms with Gasteiger partial charge in [-0.3, -0.25) is 0 Å². The minimum atomic E-state index is -0.865. The van der Waals surface area contributed by atoms with Crippen LogP contribution in [0, 0.1) is 0 Å². The second kappa shape index (κ2) is 2.74. The Bertz CT molecular complexity index is 396. The maximum Gasteiger partial charge on any atom is 0.335 e. The summed E-state index contributed by atoms with van der Waals surface area (Å²) in [5.41, 5.74) is 2.54. The molecular weight excluding hydrogens is 178 g/mol. The first-order valence-corrected chi connectivity index (χ1v) is 4.62. The highest BCUT2D eigenvalue weighted by atomic mass is 16.4. The van der Waals surface area contributed by atoms with Crippen molar-refractivity contribution in [2.45, 2.75) is 19.3 Å². The third-order valence-corrected chi connectivity index (χ3v) is 2.72. The summed E-state index contributed by atoms with van der Waals surface area (Å²) >= 11 is 0. The van der Waals surface area contributed by atoms with Crippen LogP contribution in [0.15, 0.2) is 18.2 Å². The number of carboxylic acids is 1. The van der Waals surface area contributed by atoms with Crippen molar-refractivity contribution >= 4 is 11.7 Å². The van der Waals surface area contributed by atoms with Crippen LogP contribution in [0.5, 0.6) is 0 Å². The monoisotopic (exact) mass is 191 g/mol.